The monoisotopic (exact) mass is 329 g/mol. The second-order valence-electron chi connectivity index (χ2n) is 4.13. The highest BCUT2D eigenvalue weighted by molar-refractivity contribution is 7.92. The van der Waals surface area contributed by atoms with Crippen molar-refractivity contribution in [1.29, 1.82) is 0 Å². The summed E-state index contributed by atoms with van der Waals surface area (Å²) in [6, 6.07) is 9.15. The van der Waals surface area contributed by atoms with Gasteiger partial charge in [0.15, 0.2) is 0 Å². The number of ether oxygens (including phenoxy) is 1. The molecule has 0 saturated carbocycles. The van der Waals surface area contributed by atoms with E-state index in [0.29, 0.717) is 17.4 Å². The van der Waals surface area contributed by atoms with Crippen LogP contribution in [0.5, 0.6) is 5.75 Å². The van der Waals surface area contributed by atoms with Crippen molar-refractivity contribution in [2.45, 2.75) is 11.8 Å². The largest absolute Gasteiger partial charge is 0.492 e. The molecular weight excluding hydrogens is 317 g/mol. The van der Waals surface area contributed by atoms with Crippen LogP contribution in [0, 0.1) is 5.82 Å². The molecule has 2 aromatic carbocycles. The molecular formula is C14H13ClFNO3S. The van der Waals surface area contributed by atoms with Gasteiger partial charge in [-0.15, -0.1) is 0 Å². The average Bonchev–Trinajstić information content (AvgIpc) is 2.42. The van der Waals surface area contributed by atoms with E-state index in [1.807, 2.05) is 0 Å². The second-order valence-corrected chi connectivity index (χ2v) is 6.25. The first kappa shape index (κ1) is 15.6. The molecule has 0 amide bonds. The second kappa shape index (κ2) is 6.32. The van der Waals surface area contributed by atoms with Crippen molar-refractivity contribution in [2.75, 3.05) is 11.3 Å². The Morgan fingerprint density at radius 1 is 1.19 bits per heavy atom. The summed E-state index contributed by atoms with van der Waals surface area (Å²) in [5.41, 5.74) is 0.230. The van der Waals surface area contributed by atoms with Gasteiger partial charge in [-0.25, -0.2) is 12.8 Å². The van der Waals surface area contributed by atoms with Gasteiger partial charge in [-0.1, -0.05) is 11.6 Å². The highest BCUT2D eigenvalue weighted by Gasteiger charge is 2.17. The summed E-state index contributed by atoms with van der Waals surface area (Å²) >= 11 is 5.87. The van der Waals surface area contributed by atoms with Gasteiger partial charge in [0.25, 0.3) is 10.0 Å². The topological polar surface area (TPSA) is 55.4 Å². The molecule has 0 aliphatic heterocycles. The van der Waals surface area contributed by atoms with Crippen molar-refractivity contribution in [3.8, 4) is 5.75 Å². The summed E-state index contributed by atoms with van der Waals surface area (Å²) in [6.07, 6.45) is 0. The first-order valence-corrected chi connectivity index (χ1v) is 7.99. The summed E-state index contributed by atoms with van der Waals surface area (Å²) in [6.45, 7) is 2.17. The summed E-state index contributed by atoms with van der Waals surface area (Å²) < 4.78 is 45.1. The SMILES string of the molecule is CCOc1ccc(Cl)cc1NS(=O)(=O)c1ccc(F)cc1. The number of halogens is 2. The molecule has 0 radical (unpaired) electrons. The molecule has 0 aliphatic rings. The van der Waals surface area contributed by atoms with Crippen LogP contribution in [0.25, 0.3) is 0 Å². The Morgan fingerprint density at radius 3 is 2.48 bits per heavy atom. The molecule has 0 fully saturated rings. The van der Waals surface area contributed by atoms with Crippen molar-refractivity contribution in [3.05, 3.63) is 53.3 Å². The van der Waals surface area contributed by atoms with Crippen LogP contribution >= 0.6 is 11.6 Å². The fourth-order valence-electron chi connectivity index (χ4n) is 1.68. The van der Waals surface area contributed by atoms with Crippen LogP contribution in [0.2, 0.25) is 5.02 Å². The molecule has 2 rings (SSSR count). The van der Waals surface area contributed by atoms with Gasteiger partial charge >= 0.3 is 0 Å². The van der Waals surface area contributed by atoms with Gasteiger partial charge in [0, 0.05) is 5.02 Å². The minimum Gasteiger partial charge on any atom is -0.492 e. The maximum absolute atomic E-state index is 12.9. The highest BCUT2D eigenvalue weighted by atomic mass is 35.5. The van der Waals surface area contributed by atoms with E-state index in [1.165, 1.54) is 18.2 Å². The summed E-state index contributed by atoms with van der Waals surface area (Å²) in [5.74, 6) is -0.140. The van der Waals surface area contributed by atoms with E-state index in [4.69, 9.17) is 16.3 Å². The molecule has 1 N–H and O–H groups in total. The molecule has 7 heteroatoms. The number of nitrogens with one attached hydrogen (secondary N) is 1. The zero-order chi connectivity index (χ0) is 15.5. The molecule has 0 saturated heterocycles. The van der Waals surface area contributed by atoms with Crippen LogP contribution in [0.4, 0.5) is 10.1 Å². The average molecular weight is 330 g/mol. The number of hydrogen-bond acceptors (Lipinski definition) is 3. The lowest BCUT2D eigenvalue weighted by atomic mass is 10.3. The lowest BCUT2D eigenvalue weighted by Gasteiger charge is -2.13. The Balaban J connectivity index is 2.36. The zero-order valence-corrected chi connectivity index (χ0v) is 12.7. The normalized spacial score (nSPS) is 11.2. The maximum atomic E-state index is 12.9. The van der Waals surface area contributed by atoms with E-state index >= 15 is 0 Å². The van der Waals surface area contributed by atoms with Gasteiger partial charge in [-0.05, 0) is 49.4 Å². The Bertz CT molecular complexity index is 732. The van der Waals surface area contributed by atoms with E-state index in [0.717, 1.165) is 12.1 Å². The molecule has 0 unspecified atom stereocenters. The Labute approximate surface area is 127 Å². The lowest BCUT2D eigenvalue weighted by molar-refractivity contribution is 0.342. The van der Waals surface area contributed by atoms with Gasteiger partial charge in [-0.3, -0.25) is 4.72 Å². The molecule has 0 heterocycles. The molecule has 2 aromatic rings. The summed E-state index contributed by atoms with van der Waals surface area (Å²) in [5, 5.41) is 0.371. The third-order valence-corrected chi connectivity index (χ3v) is 4.23. The molecule has 112 valence electrons. The van der Waals surface area contributed by atoms with Crippen molar-refractivity contribution in [3.63, 3.8) is 0 Å². The Kier molecular flexibility index (Phi) is 4.69. The van der Waals surface area contributed by atoms with Crippen molar-refractivity contribution < 1.29 is 17.5 Å². The van der Waals surface area contributed by atoms with Crippen molar-refractivity contribution in [2.24, 2.45) is 0 Å². The Morgan fingerprint density at radius 2 is 1.86 bits per heavy atom. The van der Waals surface area contributed by atoms with Gasteiger partial charge in [0.1, 0.15) is 11.6 Å². The summed E-state index contributed by atoms with van der Waals surface area (Å²) in [4.78, 5) is -0.0497. The predicted molar refractivity (Wildman–Crippen MR) is 79.8 cm³/mol. The third-order valence-electron chi connectivity index (χ3n) is 2.61. The minimum atomic E-state index is -3.84. The van der Waals surface area contributed by atoms with Crippen LogP contribution in [0.1, 0.15) is 6.92 Å². The maximum Gasteiger partial charge on any atom is 0.262 e. The molecule has 4 nitrogen and oxygen atoms in total. The molecule has 0 spiro atoms. The minimum absolute atomic E-state index is 0.0497. The van der Waals surface area contributed by atoms with E-state index in [-0.39, 0.29) is 10.6 Å². The smallest absolute Gasteiger partial charge is 0.262 e. The van der Waals surface area contributed by atoms with E-state index in [9.17, 15) is 12.8 Å². The van der Waals surface area contributed by atoms with Gasteiger partial charge in [-0.2, -0.15) is 0 Å². The predicted octanol–water partition coefficient (Wildman–Crippen LogP) is 3.68. The van der Waals surface area contributed by atoms with Crippen LogP contribution in [-0.2, 0) is 10.0 Å². The number of benzene rings is 2. The van der Waals surface area contributed by atoms with E-state index < -0.39 is 15.8 Å². The first-order chi connectivity index (χ1) is 9.92. The first-order valence-electron chi connectivity index (χ1n) is 6.13. The quantitative estimate of drug-likeness (QED) is 0.910. The number of hydrogen-bond donors (Lipinski definition) is 1. The van der Waals surface area contributed by atoms with E-state index in [2.05, 4.69) is 4.72 Å². The van der Waals surface area contributed by atoms with E-state index in [1.54, 1.807) is 19.1 Å². The number of sulfonamides is 1. The van der Waals surface area contributed by atoms with Gasteiger partial charge < -0.3 is 4.74 Å². The van der Waals surface area contributed by atoms with Crippen LogP contribution in [0.15, 0.2) is 47.4 Å². The van der Waals surface area contributed by atoms with Gasteiger partial charge in [0.05, 0.1) is 17.2 Å². The van der Waals surface area contributed by atoms with Crippen LogP contribution in [-0.4, -0.2) is 15.0 Å². The lowest BCUT2D eigenvalue weighted by Crippen LogP contribution is -2.14. The molecule has 0 atom stereocenters. The fraction of sp³-hybridized carbons (Fsp3) is 0.143. The summed E-state index contributed by atoms with van der Waals surface area (Å²) in [7, 11) is -3.84. The fourth-order valence-corrected chi connectivity index (χ4v) is 2.91. The molecule has 21 heavy (non-hydrogen) atoms. The number of rotatable bonds is 5. The van der Waals surface area contributed by atoms with Crippen LogP contribution < -0.4 is 9.46 Å². The molecule has 0 aliphatic carbocycles. The Hall–Kier alpha value is -1.79. The zero-order valence-electron chi connectivity index (χ0n) is 11.1. The van der Waals surface area contributed by atoms with Crippen LogP contribution in [0.3, 0.4) is 0 Å². The molecule has 0 bridgehead atoms. The van der Waals surface area contributed by atoms with Crippen molar-refractivity contribution >= 4 is 27.3 Å². The van der Waals surface area contributed by atoms with Gasteiger partial charge in [0.2, 0.25) is 0 Å². The highest BCUT2D eigenvalue weighted by Crippen LogP contribution is 2.30. The van der Waals surface area contributed by atoms with Crippen molar-refractivity contribution in [1.82, 2.24) is 0 Å². The molecule has 0 aromatic heterocycles. The standard InChI is InChI=1S/C14H13ClFNO3S/c1-2-20-14-8-3-10(15)9-13(14)17-21(18,19)12-6-4-11(16)5-7-12/h3-9,17H,2H2,1H3. The number of anilines is 1. The third kappa shape index (κ3) is 3.86.